The fourth-order valence-corrected chi connectivity index (χ4v) is 4.86. The number of nitrogens with zero attached hydrogens (tertiary/aromatic N) is 1. The van der Waals surface area contributed by atoms with Crippen molar-refractivity contribution in [2.45, 2.75) is 37.3 Å². The molecule has 1 aromatic heterocycles. The Bertz CT molecular complexity index is 1320. The van der Waals surface area contributed by atoms with Gasteiger partial charge in [-0.1, -0.05) is 91.0 Å². The quantitative estimate of drug-likeness (QED) is 0.392. The molecule has 0 bridgehead atoms. The highest BCUT2D eigenvalue weighted by Crippen LogP contribution is 2.41. The van der Waals surface area contributed by atoms with Gasteiger partial charge in [0.1, 0.15) is 11.8 Å². The molecule has 1 aliphatic heterocycles. The molecular weight excluding hydrogens is 454 g/mol. The molecule has 1 fully saturated rings. The van der Waals surface area contributed by atoms with E-state index in [9.17, 15) is 9.59 Å². The summed E-state index contributed by atoms with van der Waals surface area (Å²) >= 11 is 0. The van der Waals surface area contributed by atoms with Crippen LogP contribution in [-0.2, 0) is 15.1 Å². The number of nitrogens with one attached hydrogen (secondary N) is 1. The lowest BCUT2D eigenvalue weighted by Gasteiger charge is -2.37. The fourth-order valence-electron chi connectivity index (χ4n) is 4.86. The maximum atomic E-state index is 12.4. The molecule has 0 aliphatic carbocycles. The largest absolute Gasteiger partial charge is 0.358 e. The van der Waals surface area contributed by atoms with Crippen LogP contribution in [0.5, 0.6) is 0 Å². The second-order valence-corrected chi connectivity index (χ2v) is 9.10. The number of nitrogens with two attached hydrogens (primary N) is 1. The highest BCUT2D eigenvalue weighted by Gasteiger charge is 2.41. The van der Waals surface area contributed by atoms with Crippen LogP contribution in [0.15, 0.2) is 107 Å². The lowest BCUT2D eigenvalue weighted by atomic mass is 9.80. The standard InChI is InChI=1S/C29H29N3O4/c1-20-18-32(28(34)31-27(20)33)26-17-24(30)25(36-26)19-35-29(21-11-5-2-6-12-21,22-13-7-3-8-14-22)23-15-9-4-10-16-23/h2-16,18,24-26H,17,19,30H2,1H3,(H,31,33,34)/t24-,25-,26-/m1/s1. The molecule has 7 heteroatoms. The van der Waals surface area contributed by atoms with Gasteiger partial charge in [0, 0.05) is 24.2 Å². The van der Waals surface area contributed by atoms with E-state index in [0.29, 0.717) is 12.0 Å². The molecule has 7 nitrogen and oxygen atoms in total. The molecule has 4 aromatic rings. The van der Waals surface area contributed by atoms with Gasteiger partial charge in [0.2, 0.25) is 0 Å². The molecule has 3 N–H and O–H groups in total. The van der Waals surface area contributed by atoms with Gasteiger partial charge in [0.05, 0.1) is 12.7 Å². The first-order valence-corrected chi connectivity index (χ1v) is 12.0. The second-order valence-electron chi connectivity index (χ2n) is 9.10. The Labute approximate surface area is 209 Å². The number of aryl methyl sites for hydroxylation is 1. The minimum atomic E-state index is -0.893. The van der Waals surface area contributed by atoms with Gasteiger partial charge in [-0.15, -0.1) is 0 Å². The molecule has 184 valence electrons. The zero-order valence-electron chi connectivity index (χ0n) is 20.0. The maximum absolute atomic E-state index is 12.4. The summed E-state index contributed by atoms with van der Waals surface area (Å²) < 4.78 is 14.5. The molecule has 0 amide bonds. The number of ether oxygens (including phenoxy) is 2. The summed E-state index contributed by atoms with van der Waals surface area (Å²) in [5, 5.41) is 0. The SMILES string of the molecule is Cc1cn([C@H]2C[C@@H](N)[C@@H](COC(c3ccccc3)(c3ccccc3)c3ccccc3)O2)c(=O)[nH]c1=O. The van der Waals surface area contributed by atoms with Crippen molar-refractivity contribution in [3.63, 3.8) is 0 Å². The topological polar surface area (TPSA) is 99.3 Å². The first-order chi connectivity index (χ1) is 17.5. The van der Waals surface area contributed by atoms with Crippen molar-refractivity contribution >= 4 is 0 Å². The highest BCUT2D eigenvalue weighted by atomic mass is 16.6. The van der Waals surface area contributed by atoms with E-state index in [0.717, 1.165) is 16.7 Å². The summed E-state index contributed by atoms with van der Waals surface area (Å²) in [6, 6.07) is 29.9. The van der Waals surface area contributed by atoms with E-state index in [1.165, 1.54) is 10.8 Å². The summed E-state index contributed by atoms with van der Waals surface area (Å²) in [4.78, 5) is 26.6. The van der Waals surface area contributed by atoms with Gasteiger partial charge >= 0.3 is 5.69 Å². The average Bonchev–Trinajstić information content (AvgIpc) is 3.28. The lowest BCUT2D eigenvalue weighted by molar-refractivity contribution is -0.0797. The van der Waals surface area contributed by atoms with Gasteiger partial charge in [-0.05, 0) is 23.6 Å². The lowest BCUT2D eigenvalue weighted by Crippen LogP contribution is -2.40. The number of rotatable bonds is 7. The number of benzene rings is 3. The summed E-state index contributed by atoms with van der Waals surface area (Å²) in [5.41, 5.74) is 8.05. The Morgan fingerprint density at radius 1 is 0.917 bits per heavy atom. The van der Waals surface area contributed by atoms with Gasteiger partial charge < -0.3 is 15.2 Å². The molecule has 1 saturated heterocycles. The molecule has 0 unspecified atom stereocenters. The Morgan fingerprint density at radius 3 is 1.92 bits per heavy atom. The van der Waals surface area contributed by atoms with E-state index < -0.39 is 29.2 Å². The van der Waals surface area contributed by atoms with E-state index in [2.05, 4.69) is 41.4 Å². The molecule has 1 aliphatic rings. The Morgan fingerprint density at radius 2 is 1.42 bits per heavy atom. The molecule has 3 atom stereocenters. The smallest absolute Gasteiger partial charge is 0.330 e. The minimum Gasteiger partial charge on any atom is -0.358 e. The fraction of sp³-hybridized carbons (Fsp3) is 0.241. The summed E-state index contributed by atoms with van der Waals surface area (Å²) in [6.45, 7) is 1.85. The molecule has 0 spiro atoms. The molecular formula is C29H29N3O4. The van der Waals surface area contributed by atoms with Gasteiger partial charge in [-0.25, -0.2) is 4.79 Å². The van der Waals surface area contributed by atoms with Crippen molar-refractivity contribution in [2.75, 3.05) is 6.61 Å². The predicted octanol–water partition coefficient (Wildman–Crippen LogP) is 3.47. The normalized spacial score (nSPS) is 19.9. The van der Waals surface area contributed by atoms with Crippen molar-refractivity contribution in [1.82, 2.24) is 9.55 Å². The third-order valence-electron chi connectivity index (χ3n) is 6.74. The first kappa shape index (κ1) is 23.9. The van der Waals surface area contributed by atoms with Crippen LogP contribution in [0, 0.1) is 6.92 Å². The molecule has 0 radical (unpaired) electrons. The summed E-state index contributed by atoms with van der Waals surface area (Å²) in [5.74, 6) is 0. The monoisotopic (exact) mass is 483 g/mol. The van der Waals surface area contributed by atoms with Crippen LogP contribution in [0.4, 0.5) is 0 Å². The van der Waals surface area contributed by atoms with Crippen molar-refractivity contribution in [3.8, 4) is 0 Å². The molecule has 2 heterocycles. The van der Waals surface area contributed by atoms with Crippen LogP contribution in [0.3, 0.4) is 0 Å². The molecule has 0 saturated carbocycles. The van der Waals surface area contributed by atoms with E-state index in [1.54, 1.807) is 6.92 Å². The van der Waals surface area contributed by atoms with Crippen molar-refractivity contribution < 1.29 is 9.47 Å². The summed E-state index contributed by atoms with van der Waals surface area (Å²) in [6.07, 6.45) is 0.902. The average molecular weight is 484 g/mol. The van der Waals surface area contributed by atoms with Gasteiger partial charge in [0.15, 0.2) is 0 Å². The second kappa shape index (κ2) is 10.1. The van der Waals surface area contributed by atoms with Crippen LogP contribution < -0.4 is 17.0 Å². The van der Waals surface area contributed by atoms with Crippen LogP contribution in [-0.4, -0.2) is 28.3 Å². The highest BCUT2D eigenvalue weighted by molar-refractivity contribution is 5.47. The van der Waals surface area contributed by atoms with Crippen LogP contribution >= 0.6 is 0 Å². The van der Waals surface area contributed by atoms with Crippen molar-refractivity contribution in [3.05, 3.63) is 140 Å². The Hall–Kier alpha value is -3.78. The zero-order chi connectivity index (χ0) is 25.1. The van der Waals surface area contributed by atoms with Gasteiger partial charge in [-0.2, -0.15) is 0 Å². The van der Waals surface area contributed by atoms with E-state index in [-0.39, 0.29) is 12.6 Å². The number of hydrogen-bond acceptors (Lipinski definition) is 5. The number of H-pyrrole nitrogens is 1. The van der Waals surface area contributed by atoms with E-state index in [1.807, 2.05) is 54.6 Å². The Kier molecular flexibility index (Phi) is 6.69. The molecule has 36 heavy (non-hydrogen) atoms. The summed E-state index contributed by atoms with van der Waals surface area (Å²) in [7, 11) is 0. The van der Waals surface area contributed by atoms with Crippen LogP contribution in [0.2, 0.25) is 0 Å². The van der Waals surface area contributed by atoms with E-state index >= 15 is 0 Å². The Balaban J connectivity index is 1.50. The third-order valence-corrected chi connectivity index (χ3v) is 6.74. The minimum absolute atomic E-state index is 0.202. The molecule has 3 aromatic carbocycles. The van der Waals surface area contributed by atoms with Gasteiger partial charge in [0.25, 0.3) is 5.56 Å². The van der Waals surface area contributed by atoms with Crippen molar-refractivity contribution in [2.24, 2.45) is 5.73 Å². The number of aromatic amines is 1. The van der Waals surface area contributed by atoms with Crippen molar-refractivity contribution in [1.29, 1.82) is 0 Å². The predicted molar refractivity (Wildman–Crippen MR) is 138 cm³/mol. The van der Waals surface area contributed by atoms with Crippen LogP contribution in [0.25, 0.3) is 0 Å². The zero-order valence-corrected chi connectivity index (χ0v) is 20.0. The molecule has 5 rings (SSSR count). The number of aromatic nitrogens is 2. The number of hydrogen-bond donors (Lipinski definition) is 2. The first-order valence-electron chi connectivity index (χ1n) is 12.0. The maximum Gasteiger partial charge on any atom is 0.330 e. The van der Waals surface area contributed by atoms with E-state index in [4.69, 9.17) is 15.2 Å². The van der Waals surface area contributed by atoms with Crippen LogP contribution in [0.1, 0.15) is 34.9 Å². The van der Waals surface area contributed by atoms with Gasteiger partial charge in [-0.3, -0.25) is 14.3 Å². The third kappa shape index (κ3) is 4.44.